The third-order valence-corrected chi connectivity index (χ3v) is 5.00. The van der Waals surface area contributed by atoms with Crippen LogP contribution in [0.3, 0.4) is 0 Å². The van der Waals surface area contributed by atoms with Crippen LogP contribution in [0.4, 0.5) is 17.6 Å². The number of fused-ring (bicyclic) bond motifs is 1. The fourth-order valence-electron chi connectivity index (χ4n) is 3.49. The van der Waals surface area contributed by atoms with Crippen molar-refractivity contribution in [2.45, 2.75) is 12.3 Å². The molecule has 0 aliphatic carbocycles. The standard InChI is InChI=1S/C20H18F4N4O/c21-15-3-1-2-13(17(15)22)12-4-5-16-14(10-12)18(27-26-16)19(29)25-7-9-28-8-6-20(23,24)11-28/h1-5,10H,6-9,11H2,(H,25,29)(H,26,27). The Balaban J connectivity index is 1.50. The Labute approximate surface area is 163 Å². The minimum Gasteiger partial charge on any atom is -0.349 e. The first-order valence-corrected chi connectivity index (χ1v) is 9.15. The second kappa shape index (κ2) is 7.47. The van der Waals surface area contributed by atoms with E-state index in [1.54, 1.807) is 23.1 Å². The molecule has 3 aromatic rings. The summed E-state index contributed by atoms with van der Waals surface area (Å²) in [7, 11) is 0. The fourth-order valence-corrected chi connectivity index (χ4v) is 3.49. The number of alkyl halides is 2. The SMILES string of the molecule is O=C(NCCN1CCC(F)(F)C1)c1n[nH]c2ccc(-c3cccc(F)c3F)cc12. The third-order valence-electron chi connectivity index (χ3n) is 5.00. The number of likely N-dealkylation sites (tertiary alicyclic amines) is 1. The van der Waals surface area contributed by atoms with E-state index in [4.69, 9.17) is 0 Å². The molecule has 1 aromatic heterocycles. The summed E-state index contributed by atoms with van der Waals surface area (Å²) in [6.45, 7) is 0.485. The van der Waals surface area contributed by atoms with E-state index >= 15 is 0 Å². The molecule has 1 aliphatic heterocycles. The van der Waals surface area contributed by atoms with Gasteiger partial charge in [0.2, 0.25) is 0 Å². The van der Waals surface area contributed by atoms with Crippen LogP contribution in [0.1, 0.15) is 16.9 Å². The molecule has 0 bridgehead atoms. The van der Waals surface area contributed by atoms with E-state index in [-0.39, 0.29) is 37.3 Å². The molecule has 0 saturated carbocycles. The molecule has 152 valence electrons. The van der Waals surface area contributed by atoms with Crippen molar-refractivity contribution in [3.63, 3.8) is 0 Å². The van der Waals surface area contributed by atoms with E-state index < -0.39 is 23.5 Å². The number of aromatic amines is 1. The summed E-state index contributed by atoms with van der Waals surface area (Å²) in [6.07, 6.45) is -0.176. The monoisotopic (exact) mass is 406 g/mol. The van der Waals surface area contributed by atoms with Gasteiger partial charge in [0.05, 0.1) is 12.1 Å². The van der Waals surface area contributed by atoms with Gasteiger partial charge in [-0.15, -0.1) is 0 Å². The highest BCUT2D eigenvalue weighted by Gasteiger charge is 2.37. The molecule has 1 aliphatic rings. The summed E-state index contributed by atoms with van der Waals surface area (Å²) in [5, 5.41) is 9.86. The second-order valence-electron chi connectivity index (χ2n) is 7.07. The lowest BCUT2D eigenvalue weighted by atomic mass is 10.0. The Bertz CT molecular complexity index is 1070. The predicted octanol–water partition coefficient (Wildman–Crippen LogP) is 3.58. The maximum Gasteiger partial charge on any atom is 0.272 e. The van der Waals surface area contributed by atoms with E-state index in [0.717, 1.165) is 6.07 Å². The van der Waals surface area contributed by atoms with Crippen molar-refractivity contribution in [1.82, 2.24) is 20.4 Å². The van der Waals surface area contributed by atoms with Gasteiger partial charge in [-0.25, -0.2) is 17.6 Å². The van der Waals surface area contributed by atoms with Gasteiger partial charge in [-0.1, -0.05) is 18.2 Å². The molecule has 2 aromatic carbocycles. The smallest absolute Gasteiger partial charge is 0.272 e. The predicted molar refractivity (Wildman–Crippen MR) is 99.8 cm³/mol. The molecule has 1 saturated heterocycles. The molecule has 0 radical (unpaired) electrons. The molecule has 29 heavy (non-hydrogen) atoms. The Morgan fingerprint density at radius 1 is 1.24 bits per heavy atom. The Morgan fingerprint density at radius 3 is 2.83 bits per heavy atom. The number of halogens is 4. The van der Waals surface area contributed by atoms with Crippen LogP contribution >= 0.6 is 0 Å². The molecule has 2 N–H and O–H groups in total. The zero-order valence-electron chi connectivity index (χ0n) is 15.3. The summed E-state index contributed by atoms with van der Waals surface area (Å²) in [5.74, 6) is -5.08. The summed E-state index contributed by atoms with van der Waals surface area (Å²) in [6, 6.07) is 8.68. The van der Waals surface area contributed by atoms with Gasteiger partial charge in [0.25, 0.3) is 11.8 Å². The van der Waals surface area contributed by atoms with Crippen LogP contribution in [-0.4, -0.2) is 53.1 Å². The van der Waals surface area contributed by atoms with E-state index in [2.05, 4.69) is 15.5 Å². The maximum atomic E-state index is 14.1. The molecule has 1 amide bonds. The lowest BCUT2D eigenvalue weighted by Crippen LogP contribution is -2.35. The first-order chi connectivity index (χ1) is 13.8. The average molecular weight is 406 g/mol. The number of aromatic nitrogens is 2. The largest absolute Gasteiger partial charge is 0.349 e. The Morgan fingerprint density at radius 2 is 2.07 bits per heavy atom. The van der Waals surface area contributed by atoms with Gasteiger partial charge in [-0.2, -0.15) is 5.10 Å². The number of nitrogens with zero attached hydrogens (tertiary/aromatic N) is 2. The molecule has 0 atom stereocenters. The van der Waals surface area contributed by atoms with E-state index in [0.29, 0.717) is 23.0 Å². The number of hydrogen-bond donors (Lipinski definition) is 2. The molecule has 0 spiro atoms. The summed E-state index contributed by atoms with van der Waals surface area (Å²) in [4.78, 5) is 14.1. The van der Waals surface area contributed by atoms with Crippen LogP contribution < -0.4 is 5.32 Å². The van der Waals surface area contributed by atoms with Crippen molar-refractivity contribution in [1.29, 1.82) is 0 Å². The topological polar surface area (TPSA) is 61.0 Å². The molecule has 2 heterocycles. The summed E-state index contributed by atoms with van der Waals surface area (Å²) in [5.41, 5.74) is 1.15. The van der Waals surface area contributed by atoms with Gasteiger partial charge in [0.1, 0.15) is 0 Å². The van der Waals surface area contributed by atoms with Gasteiger partial charge in [-0.05, 0) is 23.8 Å². The zero-order chi connectivity index (χ0) is 20.6. The van der Waals surface area contributed by atoms with Gasteiger partial charge < -0.3 is 5.32 Å². The number of rotatable bonds is 5. The minimum atomic E-state index is -2.68. The number of benzene rings is 2. The quantitative estimate of drug-likeness (QED) is 0.637. The van der Waals surface area contributed by atoms with Crippen LogP contribution in [0.25, 0.3) is 22.0 Å². The number of nitrogens with one attached hydrogen (secondary N) is 2. The first-order valence-electron chi connectivity index (χ1n) is 9.15. The van der Waals surface area contributed by atoms with Crippen LogP contribution in [0, 0.1) is 11.6 Å². The lowest BCUT2D eigenvalue weighted by Gasteiger charge is -2.15. The highest BCUT2D eigenvalue weighted by Crippen LogP contribution is 2.29. The number of amides is 1. The van der Waals surface area contributed by atoms with Gasteiger partial charge in [-0.3, -0.25) is 14.8 Å². The van der Waals surface area contributed by atoms with E-state index in [1.165, 1.54) is 12.1 Å². The fraction of sp³-hybridized carbons (Fsp3) is 0.300. The normalized spacial score (nSPS) is 16.4. The van der Waals surface area contributed by atoms with Crippen molar-refractivity contribution in [3.05, 3.63) is 53.7 Å². The molecule has 9 heteroatoms. The van der Waals surface area contributed by atoms with E-state index in [1.807, 2.05) is 0 Å². The minimum absolute atomic E-state index is 0.0782. The molecule has 1 fully saturated rings. The molecule has 5 nitrogen and oxygen atoms in total. The third kappa shape index (κ3) is 3.95. The Kier molecular flexibility index (Phi) is 4.99. The Hall–Kier alpha value is -2.94. The summed E-state index contributed by atoms with van der Waals surface area (Å²) >= 11 is 0. The van der Waals surface area contributed by atoms with E-state index in [9.17, 15) is 22.4 Å². The number of carbonyl (C=O) groups excluding carboxylic acids is 1. The van der Waals surface area contributed by atoms with Crippen LogP contribution in [0.5, 0.6) is 0 Å². The zero-order valence-corrected chi connectivity index (χ0v) is 15.3. The molecule has 0 unspecified atom stereocenters. The first kappa shape index (κ1) is 19.4. The average Bonchev–Trinajstić information content (AvgIpc) is 3.26. The van der Waals surface area contributed by atoms with Gasteiger partial charge in [0.15, 0.2) is 17.3 Å². The molecular formula is C20H18F4N4O. The van der Waals surface area contributed by atoms with Crippen molar-refractivity contribution in [3.8, 4) is 11.1 Å². The highest BCUT2D eigenvalue weighted by atomic mass is 19.3. The molecule has 4 rings (SSSR count). The van der Waals surface area contributed by atoms with Crippen molar-refractivity contribution >= 4 is 16.8 Å². The van der Waals surface area contributed by atoms with Crippen LogP contribution in [0.2, 0.25) is 0 Å². The van der Waals surface area contributed by atoms with Gasteiger partial charge in [0, 0.05) is 37.0 Å². The number of hydrogen-bond acceptors (Lipinski definition) is 3. The number of H-pyrrole nitrogens is 1. The van der Waals surface area contributed by atoms with Crippen molar-refractivity contribution in [2.75, 3.05) is 26.2 Å². The van der Waals surface area contributed by atoms with Crippen molar-refractivity contribution < 1.29 is 22.4 Å². The summed E-state index contributed by atoms with van der Waals surface area (Å²) < 4.78 is 54.1. The molecular weight excluding hydrogens is 388 g/mol. The van der Waals surface area contributed by atoms with Crippen LogP contribution in [0.15, 0.2) is 36.4 Å². The van der Waals surface area contributed by atoms with Gasteiger partial charge >= 0.3 is 0 Å². The van der Waals surface area contributed by atoms with Crippen molar-refractivity contribution in [2.24, 2.45) is 0 Å². The maximum absolute atomic E-state index is 14.1. The number of carbonyl (C=O) groups is 1. The highest BCUT2D eigenvalue weighted by molar-refractivity contribution is 6.05. The van der Waals surface area contributed by atoms with Crippen LogP contribution in [-0.2, 0) is 0 Å². The lowest BCUT2D eigenvalue weighted by molar-refractivity contribution is 0.0124. The second-order valence-corrected chi connectivity index (χ2v) is 7.07.